The monoisotopic (exact) mass is 482 g/mol. The molecule has 4 rings (SSSR count). The van der Waals surface area contributed by atoms with Gasteiger partial charge in [-0.05, 0) is 98.2 Å². The summed E-state index contributed by atoms with van der Waals surface area (Å²) >= 11 is 0. The first-order valence-electron chi connectivity index (χ1n) is 12.3. The molecule has 4 fully saturated rings. The second-order valence-electron chi connectivity index (χ2n) is 9.49. The molecule has 0 N–H and O–H groups in total. The van der Waals surface area contributed by atoms with Gasteiger partial charge in [-0.25, -0.2) is 0 Å². The molecule has 2 aliphatic carbocycles. The van der Waals surface area contributed by atoms with Crippen LogP contribution in [-0.2, 0) is 17.1 Å². The van der Waals surface area contributed by atoms with Crippen LogP contribution in [0, 0.1) is 14.9 Å². The van der Waals surface area contributed by atoms with Crippen LogP contribution in [0.4, 0.5) is 0 Å². The van der Waals surface area contributed by atoms with Crippen LogP contribution in [0.5, 0.6) is 0 Å². The Labute approximate surface area is 198 Å². The van der Waals surface area contributed by atoms with E-state index in [0.717, 1.165) is 0 Å². The largest absolute Gasteiger partial charge is 2.00 e. The van der Waals surface area contributed by atoms with Crippen molar-refractivity contribution in [1.82, 2.24) is 0 Å². The molecule has 0 bridgehead atoms. The average Bonchev–Trinajstić information content (AvgIpc) is 3.30. The van der Waals surface area contributed by atoms with Crippen LogP contribution in [0.25, 0.3) is 0 Å². The molecule has 0 spiro atoms. The average molecular weight is 482 g/mol. The maximum Gasteiger partial charge on any atom is 2.00 e. The van der Waals surface area contributed by atoms with Gasteiger partial charge in [-0.1, -0.05) is 69.2 Å². The molecule has 0 aromatic heterocycles. The van der Waals surface area contributed by atoms with Gasteiger partial charge >= 0.3 is 17.1 Å². The van der Waals surface area contributed by atoms with E-state index in [4.69, 9.17) is 0 Å². The fraction of sp³-hybridized carbons (Fsp3) is 0.923. The smallest absolute Gasteiger partial charge is 0.358 e. The third-order valence-corrected chi connectivity index (χ3v) is 16.5. The summed E-state index contributed by atoms with van der Waals surface area (Å²) in [4.78, 5) is 0. The van der Waals surface area contributed by atoms with Crippen molar-refractivity contribution in [3.05, 3.63) is 14.9 Å². The standard InChI is InChI=1S/2C12H23P.2CH3.Fe/c2*1-3-10-9-11(4-2)13(10)12-7-5-6-8-12;;;/h2*10-12H,3-9H2,1-2H3;2*1H3;/q;;2*-1;+2/t2*10-,11-;;;/m11.../s1. The van der Waals surface area contributed by atoms with E-state index in [1.54, 1.807) is 38.5 Å². The Hall–Kier alpha value is 1.38. The van der Waals surface area contributed by atoms with Gasteiger partial charge in [0.25, 0.3) is 0 Å². The third-order valence-electron chi connectivity index (χ3n) is 8.15. The maximum atomic E-state index is 2.40. The zero-order valence-corrected chi connectivity index (χ0v) is 23.5. The summed E-state index contributed by atoms with van der Waals surface area (Å²) in [5.41, 5.74) is 7.06. The summed E-state index contributed by atoms with van der Waals surface area (Å²) in [6.45, 7) is 9.61. The van der Waals surface area contributed by atoms with E-state index in [0.29, 0.717) is 15.8 Å². The molecule has 0 radical (unpaired) electrons. The first-order chi connectivity index (χ1) is 12.7. The van der Waals surface area contributed by atoms with E-state index >= 15 is 0 Å². The van der Waals surface area contributed by atoms with Gasteiger partial charge in [0.2, 0.25) is 0 Å². The van der Waals surface area contributed by atoms with Crippen molar-refractivity contribution < 1.29 is 17.1 Å². The van der Waals surface area contributed by atoms with Crippen molar-refractivity contribution >= 4 is 15.8 Å². The van der Waals surface area contributed by atoms with E-state index in [9.17, 15) is 0 Å². The van der Waals surface area contributed by atoms with E-state index in [-0.39, 0.29) is 31.9 Å². The maximum absolute atomic E-state index is 2.40. The second kappa shape index (κ2) is 15.3. The molecule has 29 heavy (non-hydrogen) atoms. The first-order valence-corrected chi connectivity index (χ1v) is 15.4. The van der Waals surface area contributed by atoms with Gasteiger partial charge in [0.1, 0.15) is 0 Å². The fourth-order valence-corrected chi connectivity index (χ4v) is 14.9. The van der Waals surface area contributed by atoms with Gasteiger partial charge in [0.05, 0.1) is 0 Å². The zero-order chi connectivity index (χ0) is 18.5. The molecule has 0 unspecified atom stereocenters. The molecule has 0 aromatic rings. The van der Waals surface area contributed by atoms with Crippen LogP contribution in [0.3, 0.4) is 0 Å². The molecule has 2 heterocycles. The van der Waals surface area contributed by atoms with Crippen molar-refractivity contribution in [3.63, 3.8) is 0 Å². The van der Waals surface area contributed by atoms with Gasteiger partial charge in [-0.2, -0.15) is 0 Å². The van der Waals surface area contributed by atoms with Crippen LogP contribution < -0.4 is 0 Å². The molecule has 0 amide bonds. The van der Waals surface area contributed by atoms with Crippen LogP contribution in [0.15, 0.2) is 0 Å². The Bertz CT molecular complexity index is 346. The zero-order valence-electron chi connectivity index (χ0n) is 20.6. The van der Waals surface area contributed by atoms with Gasteiger partial charge in [0.15, 0.2) is 0 Å². The Morgan fingerprint density at radius 2 is 0.759 bits per heavy atom. The summed E-state index contributed by atoms with van der Waals surface area (Å²) in [6, 6.07) is 0. The quantitative estimate of drug-likeness (QED) is 0.201. The molecule has 0 aromatic carbocycles. The topological polar surface area (TPSA) is 0 Å². The third kappa shape index (κ3) is 7.18. The van der Waals surface area contributed by atoms with E-state index in [2.05, 4.69) is 27.7 Å². The van der Waals surface area contributed by atoms with Gasteiger partial charge in [-0.15, -0.1) is 0 Å². The summed E-state index contributed by atoms with van der Waals surface area (Å²) in [7, 11) is 0.948. The minimum atomic E-state index is 0. The van der Waals surface area contributed by atoms with E-state index < -0.39 is 0 Å². The first kappa shape index (κ1) is 30.4. The summed E-state index contributed by atoms with van der Waals surface area (Å²) in [6.07, 6.45) is 21.5. The summed E-state index contributed by atoms with van der Waals surface area (Å²) < 4.78 is 0. The van der Waals surface area contributed by atoms with Crippen LogP contribution in [-0.4, -0.2) is 34.0 Å². The van der Waals surface area contributed by atoms with E-state index in [1.165, 1.54) is 85.3 Å². The van der Waals surface area contributed by atoms with Crippen LogP contribution >= 0.6 is 15.8 Å². The molecule has 2 saturated carbocycles. The minimum absolute atomic E-state index is 0. The van der Waals surface area contributed by atoms with E-state index in [1.807, 2.05) is 0 Å². The summed E-state index contributed by atoms with van der Waals surface area (Å²) in [5.74, 6) is 0. The molecular formula is C26H52FeP2. The van der Waals surface area contributed by atoms with Crippen molar-refractivity contribution in [2.75, 3.05) is 0 Å². The van der Waals surface area contributed by atoms with Crippen molar-refractivity contribution in [1.29, 1.82) is 0 Å². The Kier molecular flexibility index (Phi) is 16.0. The second-order valence-corrected chi connectivity index (χ2v) is 15.7. The Morgan fingerprint density at radius 3 is 0.966 bits per heavy atom. The predicted molar refractivity (Wildman–Crippen MR) is 137 cm³/mol. The van der Waals surface area contributed by atoms with Gasteiger partial charge in [-0.3, -0.25) is 0 Å². The van der Waals surface area contributed by atoms with Crippen molar-refractivity contribution in [2.24, 2.45) is 0 Å². The van der Waals surface area contributed by atoms with Crippen LogP contribution in [0.2, 0.25) is 0 Å². The Morgan fingerprint density at radius 1 is 0.517 bits per heavy atom. The van der Waals surface area contributed by atoms with Crippen LogP contribution in [0.1, 0.15) is 118 Å². The van der Waals surface area contributed by atoms with Gasteiger partial charge < -0.3 is 14.9 Å². The molecular weight excluding hydrogens is 430 g/mol. The molecule has 3 heteroatoms. The molecule has 174 valence electrons. The number of hydrogen-bond donors (Lipinski definition) is 0. The SMILES string of the molecule is CC[C@@H]1C[C@@H](CC)P1C1CCCC1.CC[C@@H]1C[C@@H](CC)P1C1CCCC1.[CH3-].[CH3-].[Fe+2]. The predicted octanol–water partition coefficient (Wildman–Crippen LogP) is 9.64. The molecule has 4 aliphatic rings. The summed E-state index contributed by atoms with van der Waals surface area (Å²) in [5, 5.41) is 0. The number of rotatable bonds is 6. The van der Waals surface area contributed by atoms with Crippen molar-refractivity contribution in [3.8, 4) is 0 Å². The van der Waals surface area contributed by atoms with Gasteiger partial charge in [0, 0.05) is 0 Å². The molecule has 2 saturated heterocycles. The molecule has 0 nitrogen and oxygen atoms in total. The Balaban J connectivity index is 0.000000490. The molecule has 2 aliphatic heterocycles. The fourth-order valence-electron chi connectivity index (χ4n) is 6.54. The minimum Gasteiger partial charge on any atom is -0.358 e. The normalized spacial score (nSPS) is 32.7. The number of hydrogen-bond acceptors (Lipinski definition) is 0. The molecule has 4 atom stereocenters. The van der Waals surface area contributed by atoms with Crippen molar-refractivity contribution in [2.45, 2.75) is 152 Å².